The average molecular weight is 410 g/mol. The van der Waals surface area contributed by atoms with Crippen LogP contribution in [0, 0.1) is 0 Å². The van der Waals surface area contributed by atoms with Crippen molar-refractivity contribution in [2.45, 2.75) is 19.9 Å². The van der Waals surface area contributed by atoms with Crippen LogP contribution < -0.4 is 24.8 Å². The molecule has 2 rings (SSSR count). The fourth-order valence-electron chi connectivity index (χ4n) is 2.90. The smallest absolute Gasteiger partial charge is 0.338 e. The predicted molar refractivity (Wildman–Crippen MR) is 107 cm³/mol. The first-order chi connectivity index (χ1) is 13.5. The molecule has 1 aliphatic rings. The lowest BCUT2D eigenvalue weighted by Crippen LogP contribution is -2.45. The molecular formula is C19H26N2O6S. The van der Waals surface area contributed by atoms with Gasteiger partial charge in [0.1, 0.15) is 6.61 Å². The van der Waals surface area contributed by atoms with Crippen LogP contribution in [0.25, 0.3) is 0 Å². The number of amides is 2. The molecule has 1 unspecified atom stereocenters. The maximum absolute atomic E-state index is 12.7. The minimum absolute atomic E-state index is 0.296. The second-order valence-corrected chi connectivity index (χ2v) is 7.26. The Balaban J connectivity index is 2.41. The molecule has 0 bridgehead atoms. The largest absolute Gasteiger partial charge is 0.493 e. The van der Waals surface area contributed by atoms with E-state index in [4.69, 9.17) is 18.9 Å². The molecular weight excluding hydrogens is 384 g/mol. The van der Waals surface area contributed by atoms with Gasteiger partial charge in [-0.1, -0.05) is 6.92 Å². The fraction of sp³-hybridized carbons (Fsp3) is 0.474. The predicted octanol–water partition coefficient (Wildman–Crippen LogP) is 2.64. The van der Waals surface area contributed by atoms with Gasteiger partial charge in [0.2, 0.25) is 5.75 Å². The van der Waals surface area contributed by atoms with E-state index in [1.165, 1.54) is 21.3 Å². The van der Waals surface area contributed by atoms with Gasteiger partial charge in [-0.3, -0.25) is 0 Å². The van der Waals surface area contributed by atoms with Gasteiger partial charge in [-0.25, -0.2) is 9.59 Å². The summed E-state index contributed by atoms with van der Waals surface area (Å²) in [6.07, 6.45) is 0. The Morgan fingerprint density at radius 2 is 1.79 bits per heavy atom. The Kier molecular flexibility index (Phi) is 7.86. The zero-order valence-electron chi connectivity index (χ0n) is 16.7. The Labute approximate surface area is 168 Å². The zero-order valence-corrected chi connectivity index (χ0v) is 17.5. The highest BCUT2D eigenvalue weighted by molar-refractivity contribution is 7.99. The third-order valence-corrected chi connectivity index (χ3v) is 5.04. The van der Waals surface area contributed by atoms with Crippen LogP contribution in [0.5, 0.6) is 17.2 Å². The number of esters is 1. The van der Waals surface area contributed by atoms with Crippen molar-refractivity contribution in [2.24, 2.45) is 0 Å². The summed E-state index contributed by atoms with van der Waals surface area (Å²) >= 11 is 1.68. The van der Waals surface area contributed by atoms with Gasteiger partial charge in [0.05, 0.1) is 32.9 Å². The van der Waals surface area contributed by atoms with Gasteiger partial charge in [-0.15, -0.1) is 0 Å². The fourth-order valence-corrected chi connectivity index (χ4v) is 3.39. The first kappa shape index (κ1) is 21.7. The third kappa shape index (κ3) is 4.83. The number of carbonyl (C=O) groups is 2. The van der Waals surface area contributed by atoms with Crippen LogP contribution in [0.15, 0.2) is 23.4 Å². The van der Waals surface area contributed by atoms with Crippen LogP contribution in [0.4, 0.5) is 4.79 Å². The summed E-state index contributed by atoms with van der Waals surface area (Å²) < 4.78 is 21.5. The maximum atomic E-state index is 12.7. The Bertz CT molecular complexity index is 740. The molecule has 1 atom stereocenters. The first-order valence-electron chi connectivity index (χ1n) is 8.79. The summed E-state index contributed by atoms with van der Waals surface area (Å²) in [5.74, 6) is 2.45. The third-order valence-electron chi connectivity index (χ3n) is 4.17. The molecule has 0 spiro atoms. The van der Waals surface area contributed by atoms with Gasteiger partial charge in [-0.05, 0) is 30.4 Å². The van der Waals surface area contributed by atoms with E-state index < -0.39 is 18.0 Å². The van der Waals surface area contributed by atoms with Gasteiger partial charge < -0.3 is 29.6 Å². The molecule has 2 N–H and O–H groups in total. The van der Waals surface area contributed by atoms with Gasteiger partial charge in [0, 0.05) is 11.4 Å². The SMILES string of the molecule is CCSCCOC(=O)C1=C(C)NC(=O)NC1c1cc(OC)c(OC)c(OC)c1. The second-order valence-electron chi connectivity index (χ2n) is 5.86. The van der Waals surface area contributed by atoms with Crippen molar-refractivity contribution in [3.63, 3.8) is 0 Å². The summed E-state index contributed by atoms with van der Waals surface area (Å²) in [4.78, 5) is 24.8. The van der Waals surface area contributed by atoms with Gasteiger partial charge in [0.15, 0.2) is 11.5 Å². The Hall–Kier alpha value is -2.55. The van der Waals surface area contributed by atoms with Crippen LogP contribution in [0.3, 0.4) is 0 Å². The van der Waals surface area contributed by atoms with E-state index in [9.17, 15) is 9.59 Å². The summed E-state index contributed by atoms with van der Waals surface area (Å²) in [6.45, 7) is 4.01. The van der Waals surface area contributed by atoms with Crippen molar-refractivity contribution in [3.8, 4) is 17.2 Å². The monoisotopic (exact) mass is 410 g/mol. The van der Waals surface area contributed by atoms with Crippen molar-refractivity contribution in [1.29, 1.82) is 0 Å². The number of thioether (sulfide) groups is 1. The van der Waals surface area contributed by atoms with E-state index in [1.807, 2.05) is 6.92 Å². The highest BCUT2D eigenvalue weighted by atomic mass is 32.2. The highest BCUT2D eigenvalue weighted by Crippen LogP contribution is 2.41. The quantitative estimate of drug-likeness (QED) is 0.477. The lowest BCUT2D eigenvalue weighted by molar-refractivity contribution is -0.138. The molecule has 2 amide bonds. The standard InChI is InChI=1S/C19H26N2O6S/c1-6-28-8-7-27-18(22)15-11(2)20-19(23)21-16(15)12-9-13(24-3)17(26-5)14(10-12)25-4/h9-10,16H,6-8H2,1-5H3,(H2,20,21,23). The van der Waals surface area contributed by atoms with Crippen LogP contribution >= 0.6 is 11.8 Å². The van der Waals surface area contributed by atoms with Crippen molar-refractivity contribution in [1.82, 2.24) is 10.6 Å². The van der Waals surface area contributed by atoms with E-state index in [-0.39, 0.29) is 0 Å². The number of hydrogen-bond donors (Lipinski definition) is 2. The lowest BCUT2D eigenvalue weighted by Gasteiger charge is -2.29. The minimum Gasteiger partial charge on any atom is -0.493 e. The maximum Gasteiger partial charge on any atom is 0.338 e. The van der Waals surface area contributed by atoms with E-state index in [0.29, 0.717) is 46.4 Å². The van der Waals surface area contributed by atoms with Gasteiger partial charge in [-0.2, -0.15) is 11.8 Å². The highest BCUT2D eigenvalue weighted by Gasteiger charge is 2.33. The molecule has 0 aliphatic carbocycles. The van der Waals surface area contributed by atoms with Gasteiger partial charge in [0.25, 0.3) is 0 Å². The van der Waals surface area contributed by atoms with E-state index in [1.54, 1.807) is 30.8 Å². The summed E-state index contributed by atoms with van der Waals surface area (Å²) in [6, 6.07) is 2.28. The summed E-state index contributed by atoms with van der Waals surface area (Å²) in [7, 11) is 4.51. The normalized spacial score (nSPS) is 16.2. The zero-order chi connectivity index (χ0) is 20.7. The lowest BCUT2D eigenvalue weighted by atomic mass is 9.95. The van der Waals surface area contributed by atoms with E-state index in [2.05, 4.69) is 10.6 Å². The van der Waals surface area contributed by atoms with Crippen LogP contribution in [0.2, 0.25) is 0 Å². The van der Waals surface area contributed by atoms with Crippen LogP contribution in [-0.2, 0) is 9.53 Å². The molecule has 1 heterocycles. The van der Waals surface area contributed by atoms with E-state index >= 15 is 0 Å². The summed E-state index contributed by atoms with van der Waals surface area (Å²) in [5.41, 5.74) is 1.38. The van der Waals surface area contributed by atoms with Crippen LogP contribution in [0.1, 0.15) is 25.5 Å². The van der Waals surface area contributed by atoms with Crippen molar-refractivity contribution in [2.75, 3.05) is 39.4 Å². The molecule has 28 heavy (non-hydrogen) atoms. The number of rotatable bonds is 9. The van der Waals surface area contributed by atoms with Crippen molar-refractivity contribution in [3.05, 3.63) is 29.0 Å². The average Bonchev–Trinajstić information content (AvgIpc) is 2.69. The number of allylic oxidation sites excluding steroid dienone is 1. The molecule has 0 saturated carbocycles. The number of benzene rings is 1. The second kappa shape index (κ2) is 10.1. The number of ether oxygens (including phenoxy) is 4. The molecule has 1 aliphatic heterocycles. The van der Waals surface area contributed by atoms with Crippen molar-refractivity contribution < 1.29 is 28.5 Å². The molecule has 0 radical (unpaired) electrons. The van der Waals surface area contributed by atoms with Gasteiger partial charge >= 0.3 is 12.0 Å². The molecule has 154 valence electrons. The molecule has 0 aromatic heterocycles. The van der Waals surface area contributed by atoms with Crippen molar-refractivity contribution >= 4 is 23.8 Å². The molecule has 1 aromatic rings. The Morgan fingerprint density at radius 3 is 2.32 bits per heavy atom. The van der Waals surface area contributed by atoms with E-state index in [0.717, 1.165) is 5.75 Å². The summed E-state index contributed by atoms with van der Waals surface area (Å²) in [5, 5.41) is 5.40. The molecule has 9 heteroatoms. The number of nitrogens with one attached hydrogen (secondary N) is 2. The number of urea groups is 1. The molecule has 0 fully saturated rings. The number of methoxy groups -OCH3 is 3. The number of hydrogen-bond acceptors (Lipinski definition) is 7. The molecule has 8 nitrogen and oxygen atoms in total. The molecule has 0 saturated heterocycles. The Morgan fingerprint density at radius 1 is 1.14 bits per heavy atom. The number of carbonyl (C=O) groups excluding carboxylic acids is 2. The topological polar surface area (TPSA) is 95.1 Å². The molecule has 1 aromatic carbocycles. The van der Waals surface area contributed by atoms with Crippen LogP contribution in [-0.4, -0.2) is 51.4 Å². The first-order valence-corrected chi connectivity index (χ1v) is 9.95. The minimum atomic E-state index is -0.714.